The zero-order valence-electron chi connectivity index (χ0n) is 12.2. The van der Waals surface area contributed by atoms with Crippen LogP contribution >= 0.6 is 0 Å². The fourth-order valence-electron chi connectivity index (χ4n) is 2.72. The molecule has 5 nitrogen and oxygen atoms in total. The second kappa shape index (κ2) is 5.38. The highest BCUT2D eigenvalue weighted by atomic mass is 16.2. The van der Waals surface area contributed by atoms with Crippen LogP contribution < -0.4 is 5.32 Å². The van der Waals surface area contributed by atoms with Gasteiger partial charge in [0.2, 0.25) is 0 Å². The van der Waals surface area contributed by atoms with Crippen LogP contribution in [0.2, 0.25) is 0 Å². The smallest absolute Gasteiger partial charge is 0.272 e. The van der Waals surface area contributed by atoms with E-state index in [1.165, 1.54) is 19.3 Å². The van der Waals surface area contributed by atoms with Crippen LogP contribution in [-0.2, 0) is 0 Å². The molecule has 1 saturated heterocycles. The largest absolute Gasteiger partial charge is 0.367 e. The maximum Gasteiger partial charge on any atom is 0.272 e. The molecule has 5 heteroatoms. The van der Waals surface area contributed by atoms with Crippen molar-refractivity contribution in [2.45, 2.75) is 45.6 Å². The third kappa shape index (κ3) is 3.08. The molecule has 1 amide bonds. The predicted molar refractivity (Wildman–Crippen MR) is 77.7 cm³/mol. The van der Waals surface area contributed by atoms with Gasteiger partial charge in [0.15, 0.2) is 0 Å². The summed E-state index contributed by atoms with van der Waals surface area (Å²) in [6.07, 6.45) is 4.68. The lowest BCUT2D eigenvalue weighted by molar-refractivity contribution is 0.0676. The van der Waals surface area contributed by atoms with Gasteiger partial charge in [0.05, 0.1) is 0 Å². The Bertz CT molecular complexity index is 513. The number of carbonyl (C=O) groups excluding carboxylic acids is 1. The fourth-order valence-corrected chi connectivity index (χ4v) is 2.72. The van der Waals surface area contributed by atoms with E-state index in [2.05, 4.69) is 22.2 Å². The van der Waals surface area contributed by atoms with Crippen molar-refractivity contribution in [3.63, 3.8) is 0 Å². The third-order valence-corrected chi connectivity index (χ3v) is 3.93. The first-order valence-electron chi connectivity index (χ1n) is 7.53. The minimum atomic E-state index is 0.0425. The number of anilines is 1. The average Bonchev–Trinajstić information content (AvgIpc) is 3.21. The Morgan fingerprint density at radius 2 is 2.15 bits per heavy atom. The minimum absolute atomic E-state index is 0.0425. The van der Waals surface area contributed by atoms with E-state index in [4.69, 9.17) is 0 Å². The highest BCUT2D eigenvalue weighted by Crippen LogP contribution is 2.24. The fraction of sp³-hybridized carbons (Fsp3) is 0.667. The molecule has 108 valence electrons. The Kier molecular flexibility index (Phi) is 3.59. The van der Waals surface area contributed by atoms with E-state index in [-0.39, 0.29) is 5.91 Å². The lowest BCUT2D eigenvalue weighted by Crippen LogP contribution is -2.39. The number of carbonyl (C=O) groups is 1. The summed E-state index contributed by atoms with van der Waals surface area (Å²) in [4.78, 5) is 23.2. The van der Waals surface area contributed by atoms with E-state index in [0.717, 1.165) is 25.3 Å². The van der Waals surface area contributed by atoms with E-state index in [0.29, 0.717) is 23.5 Å². The van der Waals surface area contributed by atoms with Crippen LogP contribution in [0.4, 0.5) is 5.82 Å². The first kappa shape index (κ1) is 13.3. The van der Waals surface area contributed by atoms with Gasteiger partial charge in [-0.15, -0.1) is 0 Å². The van der Waals surface area contributed by atoms with Crippen LogP contribution in [0, 0.1) is 12.8 Å². The number of likely N-dealkylation sites (tertiary alicyclic amines) is 1. The second-order valence-corrected chi connectivity index (χ2v) is 6.10. The molecular weight excluding hydrogens is 252 g/mol. The van der Waals surface area contributed by atoms with E-state index in [1.54, 1.807) is 6.07 Å². The molecule has 2 fully saturated rings. The first-order valence-corrected chi connectivity index (χ1v) is 7.53. The summed E-state index contributed by atoms with van der Waals surface area (Å²) in [6, 6.07) is 2.33. The standard InChI is InChI=1S/C15H22N4O/c1-10-4-3-7-19(9-10)15(20)13-8-14(17-11(2)16-13)18-12-5-6-12/h8,10,12H,3-7,9H2,1-2H3,(H,16,17,18). The van der Waals surface area contributed by atoms with Crippen LogP contribution in [0.1, 0.15) is 48.9 Å². The van der Waals surface area contributed by atoms with Crippen LogP contribution in [0.5, 0.6) is 0 Å². The van der Waals surface area contributed by atoms with Crippen molar-refractivity contribution in [2.24, 2.45) is 5.92 Å². The van der Waals surface area contributed by atoms with Crippen LogP contribution in [-0.4, -0.2) is 39.9 Å². The molecule has 1 saturated carbocycles. The number of rotatable bonds is 3. The Labute approximate surface area is 119 Å². The molecule has 1 unspecified atom stereocenters. The van der Waals surface area contributed by atoms with E-state index in [9.17, 15) is 4.79 Å². The maximum absolute atomic E-state index is 12.6. The Morgan fingerprint density at radius 1 is 1.35 bits per heavy atom. The summed E-state index contributed by atoms with van der Waals surface area (Å²) in [6.45, 7) is 5.73. The van der Waals surface area contributed by atoms with Gasteiger partial charge >= 0.3 is 0 Å². The molecule has 0 bridgehead atoms. The van der Waals surface area contributed by atoms with Gasteiger partial charge in [0.25, 0.3) is 5.91 Å². The van der Waals surface area contributed by atoms with Crippen LogP contribution in [0.3, 0.4) is 0 Å². The van der Waals surface area contributed by atoms with Gasteiger partial charge in [0, 0.05) is 25.2 Å². The molecule has 20 heavy (non-hydrogen) atoms. The molecule has 3 rings (SSSR count). The SMILES string of the molecule is Cc1nc(NC2CC2)cc(C(=O)N2CCCC(C)C2)n1. The van der Waals surface area contributed by atoms with Gasteiger partial charge in [-0.3, -0.25) is 4.79 Å². The molecule has 1 aromatic rings. The molecule has 1 aliphatic carbocycles. The zero-order valence-corrected chi connectivity index (χ0v) is 12.2. The summed E-state index contributed by atoms with van der Waals surface area (Å²) in [5.41, 5.74) is 0.523. The molecule has 0 aromatic carbocycles. The number of aryl methyl sites for hydroxylation is 1. The van der Waals surface area contributed by atoms with Crippen LogP contribution in [0.15, 0.2) is 6.07 Å². The van der Waals surface area contributed by atoms with Gasteiger partial charge in [-0.2, -0.15) is 0 Å². The molecule has 1 atom stereocenters. The minimum Gasteiger partial charge on any atom is -0.367 e. The molecule has 1 aliphatic heterocycles. The molecule has 2 heterocycles. The first-order chi connectivity index (χ1) is 9.61. The number of amides is 1. The summed E-state index contributed by atoms with van der Waals surface area (Å²) >= 11 is 0. The van der Waals surface area contributed by atoms with Gasteiger partial charge in [-0.25, -0.2) is 9.97 Å². The van der Waals surface area contributed by atoms with Gasteiger partial charge < -0.3 is 10.2 Å². The quantitative estimate of drug-likeness (QED) is 0.918. The molecule has 0 radical (unpaired) electrons. The predicted octanol–water partition coefficient (Wildman–Crippen LogP) is 2.23. The molecule has 1 N–H and O–H groups in total. The Morgan fingerprint density at radius 3 is 2.85 bits per heavy atom. The lowest BCUT2D eigenvalue weighted by Gasteiger charge is -2.30. The highest BCUT2D eigenvalue weighted by molar-refractivity contribution is 5.93. The lowest BCUT2D eigenvalue weighted by atomic mass is 10.00. The van der Waals surface area contributed by atoms with Gasteiger partial charge in [-0.1, -0.05) is 6.92 Å². The summed E-state index contributed by atoms with van der Waals surface area (Å²) in [5, 5.41) is 3.34. The van der Waals surface area contributed by atoms with Crippen LogP contribution in [0.25, 0.3) is 0 Å². The van der Waals surface area contributed by atoms with E-state index < -0.39 is 0 Å². The van der Waals surface area contributed by atoms with Crippen molar-refractivity contribution in [1.82, 2.24) is 14.9 Å². The van der Waals surface area contributed by atoms with Gasteiger partial charge in [0.1, 0.15) is 17.3 Å². The maximum atomic E-state index is 12.6. The summed E-state index contributed by atoms with van der Waals surface area (Å²) < 4.78 is 0. The summed E-state index contributed by atoms with van der Waals surface area (Å²) in [7, 11) is 0. The normalized spacial score (nSPS) is 22.7. The number of nitrogens with one attached hydrogen (secondary N) is 1. The Hall–Kier alpha value is -1.65. The van der Waals surface area contributed by atoms with Gasteiger partial charge in [-0.05, 0) is 38.5 Å². The van der Waals surface area contributed by atoms with Crippen molar-refractivity contribution >= 4 is 11.7 Å². The van der Waals surface area contributed by atoms with Crippen molar-refractivity contribution in [3.05, 3.63) is 17.6 Å². The monoisotopic (exact) mass is 274 g/mol. The van der Waals surface area contributed by atoms with Crippen molar-refractivity contribution in [3.8, 4) is 0 Å². The molecular formula is C15H22N4O. The Balaban J connectivity index is 1.77. The zero-order chi connectivity index (χ0) is 14.1. The van der Waals surface area contributed by atoms with Crippen molar-refractivity contribution in [2.75, 3.05) is 18.4 Å². The summed E-state index contributed by atoms with van der Waals surface area (Å²) in [5.74, 6) is 2.07. The number of hydrogen-bond donors (Lipinski definition) is 1. The molecule has 1 aromatic heterocycles. The van der Waals surface area contributed by atoms with E-state index >= 15 is 0 Å². The number of piperidine rings is 1. The molecule has 2 aliphatic rings. The van der Waals surface area contributed by atoms with E-state index in [1.807, 2.05) is 11.8 Å². The topological polar surface area (TPSA) is 58.1 Å². The van der Waals surface area contributed by atoms with Crippen molar-refractivity contribution < 1.29 is 4.79 Å². The second-order valence-electron chi connectivity index (χ2n) is 6.10. The highest BCUT2D eigenvalue weighted by Gasteiger charge is 2.25. The number of nitrogens with zero attached hydrogens (tertiary/aromatic N) is 3. The number of hydrogen-bond acceptors (Lipinski definition) is 4. The third-order valence-electron chi connectivity index (χ3n) is 3.93. The van der Waals surface area contributed by atoms with Crippen molar-refractivity contribution in [1.29, 1.82) is 0 Å². The average molecular weight is 274 g/mol. The number of aromatic nitrogens is 2. The molecule has 0 spiro atoms.